The van der Waals surface area contributed by atoms with E-state index in [0.717, 1.165) is 30.9 Å². The normalized spacial score (nSPS) is 23.6. The summed E-state index contributed by atoms with van der Waals surface area (Å²) in [5, 5.41) is 0. The minimum absolute atomic E-state index is 0.106. The second-order valence-corrected chi connectivity index (χ2v) is 6.04. The van der Waals surface area contributed by atoms with Gasteiger partial charge in [0.15, 0.2) is 5.82 Å². The molecule has 0 amide bonds. The standard InChI is InChI=1S/C16H24N4O/c1-11(17)10-14-16(18-15-6-4-5-8-20(14)15)19(3)13-7-9-21-12(13)2/h4-6,8,11-13H,7,9-10,17H2,1-3H3. The fourth-order valence-electron chi connectivity index (χ4n) is 3.20. The molecular weight excluding hydrogens is 264 g/mol. The lowest BCUT2D eigenvalue weighted by atomic mass is 10.1. The molecule has 0 spiro atoms. The molecule has 0 radical (unpaired) electrons. The van der Waals surface area contributed by atoms with Crippen molar-refractivity contribution in [2.45, 2.75) is 44.9 Å². The summed E-state index contributed by atoms with van der Waals surface area (Å²) in [4.78, 5) is 7.09. The second-order valence-electron chi connectivity index (χ2n) is 6.04. The fraction of sp³-hybridized carbons (Fsp3) is 0.562. The maximum atomic E-state index is 6.04. The molecule has 2 aromatic rings. The van der Waals surface area contributed by atoms with Gasteiger partial charge in [-0.1, -0.05) is 6.07 Å². The number of pyridine rings is 1. The molecule has 114 valence electrons. The van der Waals surface area contributed by atoms with Gasteiger partial charge in [-0.15, -0.1) is 0 Å². The van der Waals surface area contributed by atoms with Gasteiger partial charge < -0.3 is 19.8 Å². The lowest BCUT2D eigenvalue weighted by Crippen LogP contribution is -2.37. The number of ether oxygens (including phenoxy) is 1. The Balaban J connectivity index is 2.03. The first-order chi connectivity index (χ1) is 10.1. The Morgan fingerprint density at radius 2 is 2.33 bits per heavy atom. The molecule has 2 aromatic heterocycles. The number of nitrogens with two attached hydrogens (primary N) is 1. The molecule has 1 saturated heterocycles. The van der Waals surface area contributed by atoms with E-state index in [9.17, 15) is 0 Å². The lowest BCUT2D eigenvalue weighted by Gasteiger charge is -2.28. The number of fused-ring (bicyclic) bond motifs is 1. The van der Waals surface area contributed by atoms with Crippen LogP contribution in [0.25, 0.3) is 5.65 Å². The van der Waals surface area contributed by atoms with Crippen molar-refractivity contribution in [2.24, 2.45) is 5.73 Å². The van der Waals surface area contributed by atoms with Crippen molar-refractivity contribution in [3.63, 3.8) is 0 Å². The van der Waals surface area contributed by atoms with E-state index in [1.165, 1.54) is 5.69 Å². The van der Waals surface area contributed by atoms with Gasteiger partial charge in [-0.3, -0.25) is 0 Å². The number of hydrogen-bond donors (Lipinski definition) is 1. The summed E-state index contributed by atoms with van der Waals surface area (Å²) in [7, 11) is 2.11. The Kier molecular flexibility index (Phi) is 3.87. The van der Waals surface area contributed by atoms with Crippen molar-refractivity contribution in [1.82, 2.24) is 9.38 Å². The number of hydrogen-bond acceptors (Lipinski definition) is 4. The molecular formula is C16H24N4O. The third kappa shape index (κ3) is 2.63. The van der Waals surface area contributed by atoms with Crippen LogP contribution in [0, 0.1) is 0 Å². The zero-order chi connectivity index (χ0) is 15.0. The van der Waals surface area contributed by atoms with Crippen molar-refractivity contribution >= 4 is 11.5 Å². The maximum Gasteiger partial charge on any atom is 0.151 e. The van der Waals surface area contributed by atoms with Gasteiger partial charge in [-0.25, -0.2) is 4.98 Å². The predicted octanol–water partition coefficient (Wildman–Crippen LogP) is 1.84. The molecule has 21 heavy (non-hydrogen) atoms. The minimum atomic E-state index is 0.106. The highest BCUT2D eigenvalue weighted by molar-refractivity contribution is 5.56. The van der Waals surface area contributed by atoms with Gasteiger partial charge in [0.2, 0.25) is 0 Å². The zero-order valence-electron chi connectivity index (χ0n) is 13.0. The molecule has 3 atom stereocenters. The van der Waals surface area contributed by atoms with E-state index in [2.05, 4.69) is 29.5 Å². The smallest absolute Gasteiger partial charge is 0.151 e. The monoisotopic (exact) mass is 288 g/mol. The second kappa shape index (κ2) is 5.66. The summed E-state index contributed by atoms with van der Waals surface area (Å²) in [6.45, 7) is 4.99. The molecule has 1 fully saturated rings. The molecule has 3 unspecified atom stereocenters. The minimum Gasteiger partial charge on any atom is -0.376 e. The van der Waals surface area contributed by atoms with Gasteiger partial charge in [0, 0.05) is 32.3 Å². The van der Waals surface area contributed by atoms with Crippen LogP contribution in [0.2, 0.25) is 0 Å². The summed E-state index contributed by atoms with van der Waals surface area (Å²) in [5.41, 5.74) is 8.20. The number of imidazole rings is 1. The van der Waals surface area contributed by atoms with Crippen LogP contribution in [0.4, 0.5) is 5.82 Å². The first-order valence-electron chi connectivity index (χ1n) is 7.64. The van der Waals surface area contributed by atoms with E-state index < -0.39 is 0 Å². The van der Waals surface area contributed by atoms with E-state index in [4.69, 9.17) is 15.5 Å². The van der Waals surface area contributed by atoms with Crippen molar-refractivity contribution in [3.05, 3.63) is 30.1 Å². The molecule has 0 bridgehead atoms. The van der Waals surface area contributed by atoms with E-state index in [0.29, 0.717) is 6.04 Å². The summed E-state index contributed by atoms with van der Waals surface area (Å²) in [5.74, 6) is 1.03. The first-order valence-corrected chi connectivity index (χ1v) is 7.64. The first kappa shape index (κ1) is 14.4. The van der Waals surface area contributed by atoms with Crippen molar-refractivity contribution in [1.29, 1.82) is 0 Å². The Bertz CT molecular complexity index is 622. The Morgan fingerprint density at radius 3 is 3.00 bits per heavy atom. The van der Waals surface area contributed by atoms with Crippen LogP contribution in [-0.4, -0.2) is 41.2 Å². The molecule has 3 heterocycles. The predicted molar refractivity (Wildman–Crippen MR) is 84.8 cm³/mol. The SMILES string of the molecule is CC(N)Cc1c(N(C)C2CCOC2C)nc2ccccn12. The highest BCUT2D eigenvalue weighted by Crippen LogP contribution is 2.28. The van der Waals surface area contributed by atoms with Gasteiger partial charge in [0.25, 0.3) is 0 Å². The Morgan fingerprint density at radius 1 is 1.52 bits per heavy atom. The van der Waals surface area contributed by atoms with Crippen LogP contribution in [0.3, 0.4) is 0 Å². The molecule has 0 aromatic carbocycles. The Hall–Kier alpha value is -1.59. The third-order valence-corrected chi connectivity index (χ3v) is 4.29. The average molecular weight is 288 g/mol. The van der Waals surface area contributed by atoms with Crippen LogP contribution >= 0.6 is 0 Å². The van der Waals surface area contributed by atoms with Crippen LogP contribution in [0.1, 0.15) is 26.0 Å². The zero-order valence-corrected chi connectivity index (χ0v) is 13.0. The highest BCUT2D eigenvalue weighted by Gasteiger charge is 2.30. The van der Waals surface area contributed by atoms with Crippen molar-refractivity contribution in [2.75, 3.05) is 18.6 Å². The lowest BCUT2D eigenvalue weighted by molar-refractivity contribution is 0.118. The summed E-state index contributed by atoms with van der Waals surface area (Å²) >= 11 is 0. The quantitative estimate of drug-likeness (QED) is 0.932. The number of anilines is 1. The summed E-state index contributed by atoms with van der Waals surface area (Å²) < 4.78 is 7.85. The van der Waals surface area contributed by atoms with E-state index in [-0.39, 0.29) is 12.1 Å². The molecule has 5 heteroatoms. The highest BCUT2D eigenvalue weighted by atomic mass is 16.5. The largest absolute Gasteiger partial charge is 0.376 e. The summed E-state index contributed by atoms with van der Waals surface area (Å²) in [6, 6.07) is 6.57. The van der Waals surface area contributed by atoms with Crippen LogP contribution in [0.15, 0.2) is 24.4 Å². The topological polar surface area (TPSA) is 55.8 Å². The van der Waals surface area contributed by atoms with E-state index in [1.54, 1.807) is 0 Å². The number of rotatable bonds is 4. The van der Waals surface area contributed by atoms with Gasteiger partial charge in [-0.05, 0) is 32.4 Å². The number of aromatic nitrogens is 2. The van der Waals surface area contributed by atoms with E-state index in [1.807, 2.05) is 25.1 Å². The average Bonchev–Trinajstić information content (AvgIpc) is 3.02. The van der Waals surface area contributed by atoms with E-state index >= 15 is 0 Å². The van der Waals surface area contributed by atoms with Crippen LogP contribution < -0.4 is 10.6 Å². The van der Waals surface area contributed by atoms with Crippen molar-refractivity contribution < 1.29 is 4.74 Å². The van der Waals surface area contributed by atoms with Crippen LogP contribution in [0.5, 0.6) is 0 Å². The van der Waals surface area contributed by atoms with Gasteiger partial charge in [0.05, 0.1) is 17.8 Å². The fourth-order valence-corrected chi connectivity index (χ4v) is 3.20. The van der Waals surface area contributed by atoms with Gasteiger partial charge >= 0.3 is 0 Å². The third-order valence-electron chi connectivity index (χ3n) is 4.29. The molecule has 2 N–H and O–H groups in total. The van der Waals surface area contributed by atoms with Crippen molar-refractivity contribution in [3.8, 4) is 0 Å². The van der Waals surface area contributed by atoms with Crippen LogP contribution in [-0.2, 0) is 11.2 Å². The molecule has 0 saturated carbocycles. The molecule has 1 aliphatic heterocycles. The Labute approximate surface area is 125 Å². The van der Waals surface area contributed by atoms with Gasteiger partial charge in [-0.2, -0.15) is 0 Å². The number of nitrogens with zero attached hydrogens (tertiary/aromatic N) is 3. The summed E-state index contributed by atoms with van der Waals surface area (Å²) in [6.07, 6.45) is 4.16. The van der Waals surface area contributed by atoms with Gasteiger partial charge in [0.1, 0.15) is 5.65 Å². The molecule has 0 aliphatic carbocycles. The molecule has 1 aliphatic rings. The molecule has 5 nitrogen and oxygen atoms in total. The number of likely N-dealkylation sites (N-methyl/N-ethyl adjacent to an activating group) is 1. The molecule has 3 rings (SSSR count). The maximum absolute atomic E-state index is 6.04.